The van der Waals surface area contributed by atoms with Crippen molar-refractivity contribution in [2.24, 2.45) is 5.92 Å². The van der Waals surface area contributed by atoms with E-state index in [-0.39, 0.29) is 32.0 Å². The molecule has 0 aromatic rings. The minimum atomic E-state index is -1.01. The monoisotopic (exact) mass is 232 g/mol. The molecular formula is C10H16O6. The van der Waals surface area contributed by atoms with E-state index >= 15 is 0 Å². The molecule has 6 heteroatoms. The van der Waals surface area contributed by atoms with Crippen LogP contribution >= 0.6 is 0 Å². The summed E-state index contributed by atoms with van der Waals surface area (Å²) in [5.74, 6) is -1.30. The Kier molecular flexibility index (Phi) is 5.21. The summed E-state index contributed by atoms with van der Waals surface area (Å²) in [7, 11) is 0. The van der Waals surface area contributed by atoms with Crippen molar-refractivity contribution < 1.29 is 29.3 Å². The molecule has 2 N–H and O–H groups in total. The second kappa shape index (κ2) is 6.44. The second-order valence-electron chi connectivity index (χ2n) is 3.69. The Balaban J connectivity index is 2.57. The first-order chi connectivity index (χ1) is 7.63. The third-order valence-electron chi connectivity index (χ3n) is 2.49. The summed E-state index contributed by atoms with van der Waals surface area (Å²) in [5.41, 5.74) is 0. The summed E-state index contributed by atoms with van der Waals surface area (Å²) in [6, 6.07) is 0. The Morgan fingerprint density at radius 2 is 1.88 bits per heavy atom. The SMILES string of the molecule is O=C1CCC(C(O)CO)CC(=O)OCCO1. The van der Waals surface area contributed by atoms with Gasteiger partial charge in [0.15, 0.2) is 0 Å². The van der Waals surface area contributed by atoms with Gasteiger partial charge in [0.2, 0.25) is 0 Å². The van der Waals surface area contributed by atoms with Gasteiger partial charge in [-0.15, -0.1) is 0 Å². The summed E-state index contributed by atoms with van der Waals surface area (Å²) in [6.07, 6.45) is -0.570. The van der Waals surface area contributed by atoms with Crippen LogP contribution in [-0.2, 0) is 19.1 Å². The fraction of sp³-hybridized carbons (Fsp3) is 0.800. The molecule has 0 spiro atoms. The maximum absolute atomic E-state index is 11.3. The van der Waals surface area contributed by atoms with Crippen molar-refractivity contribution in [3.05, 3.63) is 0 Å². The highest BCUT2D eigenvalue weighted by Crippen LogP contribution is 2.18. The number of hydrogen-bond acceptors (Lipinski definition) is 6. The molecule has 6 nitrogen and oxygen atoms in total. The van der Waals surface area contributed by atoms with Crippen LogP contribution in [0.15, 0.2) is 0 Å². The molecule has 0 aliphatic carbocycles. The molecule has 1 rings (SSSR count). The second-order valence-corrected chi connectivity index (χ2v) is 3.69. The Hall–Kier alpha value is -1.14. The number of rotatable bonds is 2. The van der Waals surface area contributed by atoms with E-state index in [1.807, 2.05) is 0 Å². The molecule has 0 aromatic carbocycles. The lowest BCUT2D eigenvalue weighted by Gasteiger charge is -2.21. The zero-order valence-electron chi connectivity index (χ0n) is 8.92. The predicted molar refractivity (Wildman–Crippen MR) is 52.4 cm³/mol. The quantitative estimate of drug-likeness (QED) is 0.607. The van der Waals surface area contributed by atoms with E-state index in [9.17, 15) is 14.7 Å². The maximum atomic E-state index is 11.3. The summed E-state index contributed by atoms with van der Waals surface area (Å²) >= 11 is 0. The van der Waals surface area contributed by atoms with Crippen LogP contribution in [0.1, 0.15) is 19.3 Å². The first-order valence-electron chi connectivity index (χ1n) is 5.23. The normalized spacial score (nSPS) is 25.5. The minimum Gasteiger partial charge on any atom is -0.462 e. The first-order valence-corrected chi connectivity index (χ1v) is 5.23. The van der Waals surface area contributed by atoms with Crippen molar-refractivity contribution in [3.63, 3.8) is 0 Å². The number of carbonyl (C=O) groups is 2. The lowest BCUT2D eigenvalue weighted by molar-refractivity contribution is -0.156. The van der Waals surface area contributed by atoms with E-state index in [1.54, 1.807) is 0 Å². The van der Waals surface area contributed by atoms with Crippen LogP contribution in [0.25, 0.3) is 0 Å². The van der Waals surface area contributed by atoms with Crippen LogP contribution < -0.4 is 0 Å². The van der Waals surface area contributed by atoms with Gasteiger partial charge in [0.25, 0.3) is 0 Å². The van der Waals surface area contributed by atoms with Gasteiger partial charge in [-0.1, -0.05) is 0 Å². The lowest BCUT2D eigenvalue weighted by atomic mass is 9.93. The van der Waals surface area contributed by atoms with Crippen LogP contribution in [0.5, 0.6) is 0 Å². The van der Waals surface area contributed by atoms with E-state index in [1.165, 1.54) is 0 Å². The molecule has 92 valence electrons. The van der Waals surface area contributed by atoms with Gasteiger partial charge in [0.05, 0.1) is 19.1 Å². The summed E-state index contributed by atoms with van der Waals surface area (Å²) in [6.45, 7) is -0.336. The highest BCUT2D eigenvalue weighted by atomic mass is 16.6. The molecule has 0 amide bonds. The van der Waals surface area contributed by atoms with Crippen LogP contribution in [0.3, 0.4) is 0 Å². The number of hydrogen-bond donors (Lipinski definition) is 2. The Morgan fingerprint density at radius 3 is 2.50 bits per heavy atom. The standard InChI is InChI=1S/C10H16O6/c11-6-8(12)7-1-2-9(13)15-3-4-16-10(14)5-7/h7-8,11-12H,1-6H2. The molecule has 0 bridgehead atoms. The summed E-state index contributed by atoms with van der Waals surface area (Å²) in [4.78, 5) is 22.4. The van der Waals surface area contributed by atoms with E-state index in [4.69, 9.17) is 14.6 Å². The fourth-order valence-corrected chi connectivity index (χ4v) is 1.54. The van der Waals surface area contributed by atoms with Gasteiger partial charge in [-0.3, -0.25) is 9.59 Å². The smallest absolute Gasteiger partial charge is 0.306 e. The van der Waals surface area contributed by atoms with Crippen molar-refractivity contribution >= 4 is 11.9 Å². The molecule has 1 fully saturated rings. The molecule has 1 saturated heterocycles. The van der Waals surface area contributed by atoms with Crippen molar-refractivity contribution in [1.82, 2.24) is 0 Å². The van der Waals surface area contributed by atoms with Crippen LogP contribution in [-0.4, -0.2) is 48.1 Å². The zero-order chi connectivity index (χ0) is 12.0. The molecular weight excluding hydrogens is 216 g/mol. The third kappa shape index (κ3) is 4.16. The van der Waals surface area contributed by atoms with Crippen LogP contribution in [0, 0.1) is 5.92 Å². The molecule has 1 aliphatic rings. The topological polar surface area (TPSA) is 93.1 Å². The molecule has 0 saturated carbocycles. The van der Waals surface area contributed by atoms with Crippen LogP contribution in [0.4, 0.5) is 0 Å². The van der Waals surface area contributed by atoms with Gasteiger partial charge >= 0.3 is 11.9 Å². The molecule has 16 heavy (non-hydrogen) atoms. The third-order valence-corrected chi connectivity index (χ3v) is 2.49. The molecule has 0 radical (unpaired) electrons. The molecule has 1 heterocycles. The van der Waals surface area contributed by atoms with E-state index in [2.05, 4.69) is 0 Å². The van der Waals surface area contributed by atoms with Crippen molar-refractivity contribution in [2.45, 2.75) is 25.4 Å². The molecule has 2 atom stereocenters. The number of carbonyl (C=O) groups excluding carboxylic acids is 2. The van der Waals surface area contributed by atoms with Crippen molar-refractivity contribution in [3.8, 4) is 0 Å². The number of esters is 2. The largest absolute Gasteiger partial charge is 0.462 e. The average molecular weight is 232 g/mol. The van der Waals surface area contributed by atoms with Gasteiger partial charge in [0, 0.05) is 6.42 Å². The first kappa shape index (κ1) is 12.9. The van der Waals surface area contributed by atoms with Gasteiger partial charge < -0.3 is 19.7 Å². The fourth-order valence-electron chi connectivity index (χ4n) is 1.54. The van der Waals surface area contributed by atoms with Gasteiger partial charge in [-0.25, -0.2) is 0 Å². The maximum Gasteiger partial charge on any atom is 0.306 e. The minimum absolute atomic E-state index is 0.00894. The summed E-state index contributed by atoms with van der Waals surface area (Å²) < 4.78 is 9.55. The molecule has 1 aliphatic heterocycles. The Labute approximate surface area is 93.2 Å². The number of aliphatic hydroxyl groups is 2. The predicted octanol–water partition coefficient (Wildman–Crippen LogP) is -0.774. The highest BCUT2D eigenvalue weighted by Gasteiger charge is 2.24. The van der Waals surface area contributed by atoms with E-state index in [0.717, 1.165) is 0 Å². The number of cyclic esters (lactones) is 2. The van der Waals surface area contributed by atoms with Gasteiger partial charge in [-0.2, -0.15) is 0 Å². The van der Waals surface area contributed by atoms with Crippen molar-refractivity contribution in [2.75, 3.05) is 19.8 Å². The lowest BCUT2D eigenvalue weighted by Crippen LogP contribution is -2.29. The van der Waals surface area contributed by atoms with E-state index in [0.29, 0.717) is 6.42 Å². The van der Waals surface area contributed by atoms with Crippen LogP contribution in [0.2, 0.25) is 0 Å². The van der Waals surface area contributed by atoms with E-state index < -0.39 is 24.6 Å². The van der Waals surface area contributed by atoms with Gasteiger partial charge in [-0.05, 0) is 12.3 Å². The Morgan fingerprint density at radius 1 is 1.25 bits per heavy atom. The molecule has 0 aromatic heterocycles. The van der Waals surface area contributed by atoms with Crippen molar-refractivity contribution in [1.29, 1.82) is 0 Å². The van der Waals surface area contributed by atoms with Gasteiger partial charge in [0.1, 0.15) is 13.2 Å². The zero-order valence-corrected chi connectivity index (χ0v) is 8.92. The average Bonchev–Trinajstić information content (AvgIpc) is 2.28. The molecule has 2 unspecified atom stereocenters. The Bertz CT molecular complexity index is 252. The number of aliphatic hydroxyl groups excluding tert-OH is 2. The summed E-state index contributed by atoms with van der Waals surface area (Å²) in [5, 5.41) is 18.3. The number of ether oxygens (including phenoxy) is 2. The highest BCUT2D eigenvalue weighted by molar-refractivity contribution is 5.71.